The van der Waals surface area contributed by atoms with Crippen LogP contribution in [0.25, 0.3) is 0 Å². The van der Waals surface area contributed by atoms with Crippen LogP contribution in [0.3, 0.4) is 0 Å². The molecule has 7 heteroatoms. The number of methoxy groups -OCH3 is 2. The minimum Gasteiger partial charge on any atom is -0.493 e. The summed E-state index contributed by atoms with van der Waals surface area (Å²) in [6.07, 6.45) is 3.74. The van der Waals surface area contributed by atoms with E-state index in [9.17, 15) is 9.59 Å². The van der Waals surface area contributed by atoms with Crippen molar-refractivity contribution in [1.82, 2.24) is 10.2 Å². The van der Waals surface area contributed by atoms with Crippen LogP contribution >= 0.6 is 15.9 Å². The first kappa shape index (κ1) is 18.0. The Kier molecular flexibility index (Phi) is 4.95. The van der Waals surface area contributed by atoms with Crippen LogP contribution in [0, 0.1) is 5.92 Å². The normalized spacial score (nSPS) is 26.1. The lowest BCUT2D eigenvalue weighted by atomic mass is 9.73. The van der Waals surface area contributed by atoms with Gasteiger partial charge < -0.3 is 14.8 Å². The molecule has 2 aliphatic rings. The van der Waals surface area contributed by atoms with Crippen LogP contribution in [0.2, 0.25) is 0 Å². The van der Waals surface area contributed by atoms with E-state index in [0.29, 0.717) is 17.9 Å². The Morgan fingerprint density at radius 3 is 2.56 bits per heavy atom. The molecule has 0 bridgehead atoms. The molecule has 1 saturated heterocycles. The molecule has 0 aromatic heterocycles. The van der Waals surface area contributed by atoms with Gasteiger partial charge in [-0.15, -0.1) is 0 Å². The van der Waals surface area contributed by atoms with Gasteiger partial charge in [-0.3, -0.25) is 9.69 Å². The third kappa shape index (κ3) is 2.99. The van der Waals surface area contributed by atoms with Crippen LogP contribution in [-0.2, 0) is 11.3 Å². The number of carbonyl (C=O) groups is 2. The van der Waals surface area contributed by atoms with E-state index in [-0.39, 0.29) is 24.4 Å². The third-order valence-corrected chi connectivity index (χ3v) is 6.12. The summed E-state index contributed by atoms with van der Waals surface area (Å²) < 4.78 is 11.4. The van der Waals surface area contributed by atoms with Crippen molar-refractivity contribution in [3.05, 3.63) is 22.2 Å². The molecule has 1 aliphatic carbocycles. The molecule has 0 unspecified atom stereocenters. The predicted molar refractivity (Wildman–Crippen MR) is 96.7 cm³/mol. The van der Waals surface area contributed by atoms with E-state index in [1.807, 2.05) is 6.92 Å². The maximum atomic E-state index is 13.1. The highest BCUT2D eigenvalue weighted by Crippen LogP contribution is 2.40. The van der Waals surface area contributed by atoms with E-state index < -0.39 is 5.54 Å². The van der Waals surface area contributed by atoms with Gasteiger partial charge in [0.05, 0.1) is 20.8 Å². The molecule has 1 aromatic carbocycles. The maximum Gasteiger partial charge on any atom is 0.325 e. The molecule has 1 N–H and O–H groups in total. The standard InChI is InChI=1S/C18H23BrN2O4/c1-11-6-4-5-7-18(11)16(22)21(17(23)20-18)10-12-8-14(24-2)15(25-3)9-13(12)19/h8-9,11H,4-7,10H2,1-3H3,(H,20,23)/t11-,18-/m0/s1. The molecule has 6 nitrogen and oxygen atoms in total. The second kappa shape index (κ2) is 6.86. The van der Waals surface area contributed by atoms with E-state index in [0.717, 1.165) is 29.3 Å². The van der Waals surface area contributed by atoms with Gasteiger partial charge in [0, 0.05) is 4.47 Å². The number of urea groups is 1. The number of hydrogen-bond donors (Lipinski definition) is 1. The van der Waals surface area contributed by atoms with Crippen molar-refractivity contribution in [1.29, 1.82) is 0 Å². The molecule has 25 heavy (non-hydrogen) atoms. The summed E-state index contributed by atoms with van der Waals surface area (Å²) in [6.45, 7) is 2.24. The fourth-order valence-corrected chi connectivity index (χ4v) is 4.27. The van der Waals surface area contributed by atoms with E-state index in [2.05, 4.69) is 21.2 Å². The predicted octanol–water partition coefficient (Wildman–Crippen LogP) is 3.47. The van der Waals surface area contributed by atoms with E-state index >= 15 is 0 Å². The van der Waals surface area contributed by atoms with E-state index in [4.69, 9.17) is 9.47 Å². The first-order valence-corrected chi connectivity index (χ1v) is 9.26. The molecule has 2 atom stereocenters. The van der Waals surface area contributed by atoms with Gasteiger partial charge in [-0.1, -0.05) is 35.7 Å². The number of nitrogens with zero attached hydrogens (tertiary/aromatic N) is 1. The highest BCUT2D eigenvalue weighted by atomic mass is 79.9. The highest BCUT2D eigenvalue weighted by Gasteiger charge is 2.54. The number of ether oxygens (including phenoxy) is 2. The van der Waals surface area contributed by atoms with Gasteiger partial charge >= 0.3 is 6.03 Å². The summed E-state index contributed by atoms with van der Waals surface area (Å²) in [4.78, 5) is 26.9. The van der Waals surface area contributed by atoms with Crippen molar-refractivity contribution in [3.63, 3.8) is 0 Å². The lowest BCUT2D eigenvalue weighted by Crippen LogP contribution is -2.53. The summed E-state index contributed by atoms with van der Waals surface area (Å²) in [5.41, 5.74) is 0.0555. The smallest absolute Gasteiger partial charge is 0.325 e. The lowest BCUT2D eigenvalue weighted by molar-refractivity contribution is -0.134. The zero-order valence-corrected chi connectivity index (χ0v) is 16.3. The summed E-state index contributed by atoms with van der Waals surface area (Å²) in [5.74, 6) is 1.18. The maximum absolute atomic E-state index is 13.1. The monoisotopic (exact) mass is 410 g/mol. The first-order valence-electron chi connectivity index (χ1n) is 8.47. The van der Waals surface area contributed by atoms with Crippen LogP contribution < -0.4 is 14.8 Å². The molecule has 1 aliphatic heterocycles. The molecule has 3 rings (SSSR count). The van der Waals surface area contributed by atoms with Crippen molar-refractivity contribution in [3.8, 4) is 11.5 Å². The Hall–Kier alpha value is -1.76. The average molecular weight is 411 g/mol. The van der Waals surface area contributed by atoms with Crippen molar-refractivity contribution in [2.75, 3.05) is 14.2 Å². The highest BCUT2D eigenvalue weighted by molar-refractivity contribution is 9.10. The van der Waals surface area contributed by atoms with Crippen LogP contribution in [0.5, 0.6) is 11.5 Å². The molecular formula is C18H23BrN2O4. The number of amides is 3. The molecule has 1 heterocycles. The number of imide groups is 1. The molecule has 1 saturated carbocycles. The fourth-order valence-electron chi connectivity index (χ4n) is 3.83. The average Bonchev–Trinajstić information content (AvgIpc) is 2.83. The molecule has 3 amide bonds. The summed E-state index contributed by atoms with van der Waals surface area (Å²) in [7, 11) is 3.12. The van der Waals surface area contributed by atoms with Gasteiger partial charge in [0.25, 0.3) is 5.91 Å². The second-order valence-electron chi connectivity index (χ2n) is 6.74. The fraction of sp³-hybridized carbons (Fsp3) is 0.556. The minimum absolute atomic E-state index is 0.119. The van der Waals surface area contributed by atoms with Crippen LogP contribution in [0.1, 0.15) is 38.2 Å². The molecule has 0 radical (unpaired) electrons. The topological polar surface area (TPSA) is 67.9 Å². The Balaban J connectivity index is 1.88. The first-order chi connectivity index (χ1) is 11.9. The Labute approximate surface area is 156 Å². The Morgan fingerprint density at radius 2 is 1.92 bits per heavy atom. The molecular weight excluding hydrogens is 388 g/mol. The molecule has 1 spiro atoms. The zero-order valence-electron chi connectivity index (χ0n) is 14.7. The van der Waals surface area contributed by atoms with Gasteiger partial charge in [0.15, 0.2) is 11.5 Å². The Bertz CT molecular complexity index is 709. The number of hydrogen-bond acceptors (Lipinski definition) is 4. The largest absolute Gasteiger partial charge is 0.493 e. The summed E-state index contributed by atoms with van der Waals surface area (Å²) in [5, 5.41) is 2.98. The lowest BCUT2D eigenvalue weighted by Gasteiger charge is -2.36. The van der Waals surface area contributed by atoms with Crippen molar-refractivity contribution in [2.45, 2.75) is 44.7 Å². The van der Waals surface area contributed by atoms with Crippen molar-refractivity contribution >= 4 is 27.9 Å². The van der Waals surface area contributed by atoms with E-state index in [1.165, 1.54) is 4.90 Å². The van der Waals surface area contributed by atoms with E-state index in [1.54, 1.807) is 26.4 Å². The van der Waals surface area contributed by atoms with Gasteiger partial charge in [-0.25, -0.2) is 4.79 Å². The number of halogens is 1. The van der Waals surface area contributed by atoms with Crippen molar-refractivity contribution in [2.24, 2.45) is 5.92 Å². The quantitative estimate of drug-likeness (QED) is 0.771. The molecule has 2 fully saturated rings. The molecule has 1 aromatic rings. The third-order valence-electron chi connectivity index (χ3n) is 5.38. The van der Waals surface area contributed by atoms with Gasteiger partial charge in [-0.2, -0.15) is 0 Å². The zero-order chi connectivity index (χ0) is 18.2. The van der Waals surface area contributed by atoms with Crippen LogP contribution in [0.15, 0.2) is 16.6 Å². The van der Waals surface area contributed by atoms with Gasteiger partial charge in [-0.05, 0) is 36.5 Å². The van der Waals surface area contributed by atoms with Gasteiger partial charge in [0.1, 0.15) is 5.54 Å². The summed E-state index contributed by atoms with van der Waals surface area (Å²) in [6, 6.07) is 3.25. The Morgan fingerprint density at radius 1 is 1.24 bits per heavy atom. The SMILES string of the molecule is COc1cc(Br)c(CN2C(=O)N[C@]3(CCCC[C@@H]3C)C2=O)cc1OC. The minimum atomic E-state index is -0.738. The second-order valence-corrected chi connectivity index (χ2v) is 7.59. The van der Waals surface area contributed by atoms with Gasteiger partial charge in [0.2, 0.25) is 0 Å². The number of carbonyl (C=O) groups excluding carboxylic acids is 2. The number of benzene rings is 1. The number of rotatable bonds is 4. The van der Waals surface area contributed by atoms with Crippen molar-refractivity contribution < 1.29 is 19.1 Å². The van der Waals surface area contributed by atoms with Crippen LogP contribution in [0.4, 0.5) is 4.79 Å². The van der Waals surface area contributed by atoms with Crippen LogP contribution in [-0.4, -0.2) is 36.6 Å². The summed E-state index contributed by atoms with van der Waals surface area (Å²) >= 11 is 3.49. The number of nitrogens with one attached hydrogen (secondary N) is 1. The molecule has 136 valence electrons.